The SMILES string of the molecule is CCOc1ccc2nc(Nc3cccc(C)c3)sc2c1. The summed E-state index contributed by atoms with van der Waals surface area (Å²) in [6.45, 7) is 4.75. The lowest BCUT2D eigenvalue weighted by molar-refractivity contribution is 0.341. The molecule has 0 aliphatic heterocycles. The first-order chi connectivity index (χ1) is 9.74. The maximum Gasteiger partial charge on any atom is 0.188 e. The number of aromatic nitrogens is 1. The second-order valence-corrected chi connectivity index (χ2v) is 5.61. The summed E-state index contributed by atoms with van der Waals surface area (Å²) >= 11 is 1.64. The van der Waals surface area contributed by atoms with Crippen LogP contribution in [-0.2, 0) is 0 Å². The standard InChI is InChI=1S/C16H16N2OS/c1-3-19-13-7-8-14-15(10-13)20-16(18-14)17-12-6-4-5-11(2)9-12/h4-10H,3H2,1-2H3,(H,17,18). The molecule has 0 aliphatic rings. The van der Waals surface area contributed by atoms with E-state index in [0.29, 0.717) is 6.61 Å². The Kier molecular flexibility index (Phi) is 3.56. The van der Waals surface area contributed by atoms with Gasteiger partial charge in [0.15, 0.2) is 5.13 Å². The van der Waals surface area contributed by atoms with Crippen LogP contribution in [-0.4, -0.2) is 11.6 Å². The first-order valence-corrected chi connectivity index (χ1v) is 7.43. The minimum atomic E-state index is 0.679. The molecule has 0 atom stereocenters. The number of benzene rings is 2. The zero-order chi connectivity index (χ0) is 13.9. The van der Waals surface area contributed by atoms with Gasteiger partial charge in [-0.1, -0.05) is 23.5 Å². The van der Waals surface area contributed by atoms with Crippen LogP contribution in [0.3, 0.4) is 0 Å². The topological polar surface area (TPSA) is 34.1 Å². The summed E-state index contributed by atoms with van der Waals surface area (Å²) in [6.07, 6.45) is 0. The number of hydrogen-bond acceptors (Lipinski definition) is 4. The van der Waals surface area contributed by atoms with Crippen molar-refractivity contribution < 1.29 is 4.74 Å². The molecule has 3 nitrogen and oxygen atoms in total. The molecule has 0 saturated carbocycles. The van der Waals surface area contributed by atoms with E-state index in [4.69, 9.17) is 4.74 Å². The van der Waals surface area contributed by atoms with Gasteiger partial charge in [-0.25, -0.2) is 4.98 Å². The fourth-order valence-corrected chi connectivity index (χ4v) is 2.98. The van der Waals surface area contributed by atoms with Crippen LogP contribution in [0.25, 0.3) is 10.2 Å². The van der Waals surface area contributed by atoms with E-state index in [9.17, 15) is 0 Å². The molecule has 0 amide bonds. The van der Waals surface area contributed by atoms with Crippen molar-refractivity contribution in [2.45, 2.75) is 13.8 Å². The minimum absolute atomic E-state index is 0.679. The van der Waals surface area contributed by atoms with Gasteiger partial charge in [-0.3, -0.25) is 0 Å². The average Bonchev–Trinajstić information content (AvgIpc) is 2.80. The van der Waals surface area contributed by atoms with E-state index < -0.39 is 0 Å². The average molecular weight is 284 g/mol. The Bertz CT molecular complexity index is 736. The molecule has 0 saturated heterocycles. The van der Waals surface area contributed by atoms with Crippen molar-refractivity contribution in [2.24, 2.45) is 0 Å². The monoisotopic (exact) mass is 284 g/mol. The highest BCUT2D eigenvalue weighted by Gasteiger charge is 2.05. The second kappa shape index (κ2) is 5.51. The number of ether oxygens (including phenoxy) is 1. The van der Waals surface area contributed by atoms with Gasteiger partial charge in [0, 0.05) is 5.69 Å². The van der Waals surface area contributed by atoms with Crippen molar-refractivity contribution >= 4 is 32.4 Å². The smallest absolute Gasteiger partial charge is 0.188 e. The summed E-state index contributed by atoms with van der Waals surface area (Å²) in [4.78, 5) is 4.59. The summed E-state index contributed by atoms with van der Waals surface area (Å²) in [5.74, 6) is 0.894. The summed E-state index contributed by atoms with van der Waals surface area (Å²) in [7, 11) is 0. The lowest BCUT2D eigenvalue weighted by Gasteiger charge is -2.02. The van der Waals surface area contributed by atoms with Crippen LogP contribution in [0.1, 0.15) is 12.5 Å². The van der Waals surface area contributed by atoms with Gasteiger partial charge in [0.05, 0.1) is 16.8 Å². The molecule has 0 radical (unpaired) electrons. The fraction of sp³-hybridized carbons (Fsp3) is 0.188. The van der Waals surface area contributed by atoms with Crippen LogP contribution in [0.2, 0.25) is 0 Å². The van der Waals surface area contributed by atoms with Gasteiger partial charge in [0.25, 0.3) is 0 Å². The van der Waals surface area contributed by atoms with E-state index in [1.807, 2.05) is 37.3 Å². The Labute approximate surface area is 122 Å². The van der Waals surface area contributed by atoms with E-state index in [2.05, 4.69) is 29.4 Å². The molecular formula is C16H16N2OS. The summed E-state index contributed by atoms with van der Waals surface area (Å²) in [5.41, 5.74) is 3.29. The number of fused-ring (bicyclic) bond motifs is 1. The van der Waals surface area contributed by atoms with Crippen LogP contribution in [0.15, 0.2) is 42.5 Å². The highest BCUT2D eigenvalue weighted by atomic mass is 32.1. The molecule has 4 heteroatoms. The first kappa shape index (κ1) is 12.9. The number of nitrogens with one attached hydrogen (secondary N) is 1. The maximum atomic E-state index is 5.52. The van der Waals surface area contributed by atoms with Gasteiger partial charge < -0.3 is 10.1 Å². The summed E-state index contributed by atoms with van der Waals surface area (Å²) < 4.78 is 6.65. The number of anilines is 2. The summed E-state index contributed by atoms with van der Waals surface area (Å²) in [5, 5.41) is 4.25. The fourth-order valence-electron chi connectivity index (χ4n) is 2.06. The predicted molar refractivity (Wildman–Crippen MR) is 85.3 cm³/mol. The molecule has 0 bridgehead atoms. The Morgan fingerprint density at radius 3 is 2.90 bits per heavy atom. The third-order valence-electron chi connectivity index (χ3n) is 2.94. The lowest BCUT2D eigenvalue weighted by Crippen LogP contribution is -1.90. The van der Waals surface area contributed by atoms with Crippen molar-refractivity contribution in [3.8, 4) is 5.75 Å². The molecule has 1 aromatic heterocycles. The summed E-state index contributed by atoms with van der Waals surface area (Å²) in [6, 6.07) is 14.3. The second-order valence-electron chi connectivity index (χ2n) is 4.58. The van der Waals surface area contributed by atoms with Crippen molar-refractivity contribution in [2.75, 3.05) is 11.9 Å². The Hall–Kier alpha value is -2.07. The largest absolute Gasteiger partial charge is 0.494 e. The maximum absolute atomic E-state index is 5.52. The van der Waals surface area contributed by atoms with Crippen LogP contribution in [0, 0.1) is 6.92 Å². The van der Waals surface area contributed by atoms with Gasteiger partial charge in [-0.05, 0) is 49.7 Å². The highest BCUT2D eigenvalue weighted by molar-refractivity contribution is 7.22. The molecule has 3 rings (SSSR count). The van der Waals surface area contributed by atoms with Gasteiger partial charge in [-0.15, -0.1) is 0 Å². The Morgan fingerprint density at radius 2 is 2.10 bits per heavy atom. The van der Waals surface area contributed by atoms with Gasteiger partial charge in [0.2, 0.25) is 0 Å². The molecule has 1 N–H and O–H groups in total. The predicted octanol–water partition coefficient (Wildman–Crippen LogP) is 4.75. The number of aryl methyl sites for hydroxylation is 1. The van der Waals surface area contributed by atoms with E-state index in [-0.39, 0.29) is 0 Å². The van der Waals surface area contributed by atoms with E-state index in [0.717, 1.165) is 26.8 Å². The number of rotatable bonds is 4. The molecule has 0 aliphatic carbocycles. The van der Waals surface area contributed by atoms with Crippen molar-refractivity contribution in [1.82, 2.24) is 4.98 Å². The van der Waals surface area contributed by atoms with Crippen LogP contribution < -0.4 is 10.1 Å². The number of nitrogens with zero attached hydrogens (tertiary/aromatic N) is 1. The third-order valence-corrected chi connectivity index (χ3v) is 3.87. The molecule has 2 aromatic carbocycles. The van der Waals surface area contributed by atoms with Crippen molar-refractivity contribution in [3.63, 3.8) is 0 Å². The van der Waals surface area contributed by atoms with Crippen molar-refractivity contribution in [3.05, 3.63) is 48.0 Å². The molecule has 102 valence electrons. The molecule has 0 spiro atoms. The molecular weight excluding hydrogens is 268 g/mol. The number of hydrogen-bond donors (Lipinski definition) is 1. The van der Waals surface area contributed by atoms with Gasteiger partial charge in [-0.2, -0.15) is 0 Å². The van der Waals surface area contributed by atoms with E-state index in [1.165, 1.54) is 5.56 Å². The van der Waals surface area contributed by atoms with Crippen LogP contribution in [0.5, 0.6) is 5.75 Å². The molecule has 0 unspecified atom stereocenters. The highest BCUT2D eigenvalue weighted by Crippen LogP contribution is 2.31. The van der Waals surface area contributed by atoms with Crippen LogP contribution in [0.4, 0.5) is 10.8 Å². The molecule has 3 aromatic rings. The van der Waals surface area contributed by atoms with E-state index >= 15 is 0 Å². The van der Waals surface area contributed by atoms with Gasteiger partial charge in [0.1, 0.15) is 5.75 Å². The Balaban J connectivity index is 1.89. The van der Waals surface area contributed by atoms with Crippen molar-refractivity contribution in [1.29, 1.82) is 0 Å². The zero-order valence-electron chi connectivity index (χ0n) is 11.5. The van der Waals surface area contributed by atoms with Gasteiger partial charge >= 0.3 is 0 Å². The Morgan fingerprint density at radius 1 is 1.20 bits per heavy atom. The first-order valence-electron chi connectivity index (χ1n) is 6.61. The van der Waals surface area contributed by atoms with E-state index in [1.54, 1.807) is 11.3 Å². The molecule has 20 heavy (non-hydrogen) atoms. The molecule has 1 heterocycles. The molecule has 0 fully saturated rings. The third kappa shape index (κ3) is 2.75. The quantitative estimate of drug-likeness (QED) is 0.751. The number of thiazole rings is 1. The minimum Gasteiger partial charge on any atom is -0.494 e. The zero-order valence-corrected chi connectivity index (χ0v) is 12.3. The normalized spacial score (nSPS) is 10.7. The van der Waals surface area contributed by atoms with Crippen LogP contribution >= 0.6 is 11.3 Å². The lowest BCUT2D eigenvalue weighted by atomic mass is 10.2.